The molecular formula is C22H27N5O2. The second-order valence-electron chi connectivity index (χ2n) is 7.69. The maximum atomic E-state index is 11.9. The number of nitrogens with zero attached hydrogens (tertiary/aromatic N) is 2. The molecule has 7 nitrogen and oxygen atoms in total. The van der Waals surface area contributed by atoms with Crippen molar-refractivity contribution in [1.29, 1.82) is 0 Å². The third kappa shape index (κ3) is 4.05. The third-order valence-electron chi connectivity index (χ3n) is 5.73. The topological polar surface area (TPSA) is 96.3 Å². The lowest BCUT2D eigenvalue weighted by Gasteiger charge is -2.38. The quantitative estimate of drug-likeness (QED) is 0.598. The number of benzene rings is 1. The first-order valence-electron chi connectivity index (χ1n) is 9.94. The van der Waals surface area contributed by atoms with Gasteiger partial charge in [0.2, 0.25) is 0 Å². The summed E-state index contributed by atoms with van der Waals surface area (Å²) in [6.07, 6.45) is 5.34. The van der Waals surface area contributed by atoms with Gasteiger partial charge in [-0.3, -0.25) is 9.69 Å². The first kappa shape index (κ1) is 19.3. The van der Waals surface area contributed by atoms with Crippen molar-refractivity contribution in [1.82, 2.24) is 14.9 Å². The van der Waals surface area contributed by atoms with Crippen LogP contribution in [0.4, 0.5) is 5.69 Å². The van der Waals surface area contributed by atoms with Crippen LogP contribution in [-0.2, 0) is 6.54 Å². The van der Waals surface area contributed by atoms with Crippen LogP contribution in [0, 0.1) is 0 Å². The van der Waals surface area contributed by atoms with Gasteiger partial charge in [-0.1, -0.05) is 12.1 Å². The van der Waals surface area contributed by atoms with E-state index >= 15 is 0 Å². The number of pyridine rings is 1. The number of ether oxygens (including phenoxy) is 1. The van der Waals surface area contributed by atoms with Crippen LogP contribution in [0.15, 0.2) is 42.7 Å². The number of hydrogen-bond donors (Lipinski definition) is 3. The van der Waals surface area contributed by atoms with E-state index in [-0.39, 0.29) is 6.04 Å². The molecule has 0 aliphatic carbocycles. The van der Waals surface area contributed by atoms with Gasteiger partial charge in [-0.25, -0.2) is 4.98 Å². The van der Waals surface area contributed by atoms with Crippen LogP contribution in [0.5, 0.6) is 5.75 Å². The van der Waals surface area contributed by atoms with Crippen molar-refractivity contribution in [2.24, 2.45) is 5.73 Å². The molecule has 0 saturated carbocycles. The van der Waals surface area contributed by atoms with Crippen LogP contribution in [0.3, 0.4) is 0 Å². The number of aromatic amines is 1. The minimum atomic E-state index is -0.466. The van der Waals surface area contributed by atoms with Crippen LogP contribution in [0.2, 0.25) is 0 Å². The zero-order valence-electron chi connectivity index (χ0n) is 16.8. The molecule has 2 aromatic heterocycles. The van der Waals surface area contributed by atoms with Crippen molar-refractivity contribution in [3.63, 3.8) is 0 Å². The molecule has 0 unspecified atom stereocenters. The van der Waals surface area contributed by atoms with Gasteiger partial charge in [0.1, 0.15) is 11.4 Å². The number of H-pyrrole nitrogens is 1. The van der Waals surface area contributed by atoms with Crippen molar-refractivity contribution >= 4 is 22.6 Å². The Kier molecular flexibility index (Phi) is 5.40. The van der Waals surface area contributed by atoms with Gasteiger partial charge in [0.15, 0.2) is 0 Å². The number of aromatic nitrogens is 2. The van der Waals surface area contributed by atoms with Gasteiger partial charge < -0.3 is 20.8 Å². The standard InChI is InChI=1S/C22H27N5O2/c1-14-10-16(7-9-27(14)13-15-4-3-5-17(11-15)29-2)26-20-18-6-8-24-22(18)25-12-19(20)21(23)28/h3-6,8,11-12,14,16H,7,9-10,13H2,1-2H3,(H2,23,28)(H2,24,25,26)/t14-,16-/m1/s1. The maximum Gasteiger partial charge on any atom is 0.252 e. The third-order valence-corrected chi connectivity index (χ3v) is 5.73. The number of amides is 1. The van der Waals surface area contributed by atoms with Crippen molar-refractivity contribution < 1.29 is 9.53 Å². The van der Waals surface area contributed by atoms with Gasteiger partial charge in [-0.05, 0) is 43.5 Å². The fourth-order valence-corrected chi connectivity index (χ4v) is 4.15. The summed E-state index contributed by atoms with van der Waals surface area (Å²) in [6, 6.07) is 10.8. The first-order valence-corrected chi connectivity index (χ1v) is 9.94. The molecule has 4 rings (SSSR count). The maximum absolute atomic E-state index is 11.9. The van der Waals surface area contributed by atoms with Crippen LogP contribution < -0.4 is 15.8 Å². The number of carbonyl (C=O) groups is 1. The van der Waals surface area contributed by atoms with E-state index in [1.165, 1.54) is 5.56 Å². The molecule has 1 saturated heterocycles. The zero-order chi connectivity index (χ0) is 20.4. The molecule has 1 amide bonds. The summed E-state index contributed by atoms with van der Waals surface area (Å²) < 4.78 is 5.34. The highest BCUT2D eigenvalue weighted by Gasteiger charge is 2.27. The first-order chi connectivity index (χ1) is 14.0. The Morgan fingerprint density at radius 2 is 2.28 bits per heavy atom. The fraction of sp³-hybridized carbons (Fsp3) is 0.364. The molecule has 2 atom stereocenters. The van der Waals surface area contributed by atoms with Crippen LogP contribution in [-0.4, -0.2) is 46.5 Å². The average molecular weight is 393 g/mol. The van der Waals surface area contributed by atoms with E-state index in [1.807, 2.05) is 24.4 Å². The number of hydrogen-bond acceptors (Lipinski definition) is 5. The Morgan fingerprint density at radius 3 is 3.03 bits per heavy atom. The largest absolute Gasteiger partial charge is 0.497 e. The number of methoxy groups -OCH3 is 1. The summed E-state index contributed by atoms with van der Waals surface area (Å²) in [5, 5.41) is 4.48. The normalized spacial score (nSPS) is 19.9. The molecule has 7 heteroatoms. The Balaban J connectivity index is 1.47. The van der Waals surface area contributed by atoms with Gasteiger partial charge in [0.05, 0.1) is 18.4 Å². The van der Waals surface area contributed by atoms with Crippen LogP contribution >= 0.6 is 0 Å². The molecule has 0 bridgehead atoms. The molecule has 0 spiro atoms. The van der Waals surface area contributed by atoms with Gasteiger partial charge in [-0.15, -0.1) is 0 Å². The number of nitrogens with two attached hydrogens (primary N) is 1. The van der Waals surface area contributed by atoms with Crippen molar-refractivity contribution in [3.05, 3.63) is 53.9 Å². The van der Waals surface area contributed by atoms with E-state index in [9.17, 15) is 4.79 Å². The molecule has 0 radical (unpaired) electrons. The summed E-state index contributed by atoms with van der Waals surface area (Å²) in [5.41, 5.74) is 8.81. The summed E-state index contributed by atoms with van der Waals surface area (Å²) in [6.45, 7) is 4.12. The van der Waals surface area contributed by atoms with Gasteiger partial charge >= 0.3 is 0 Å². The van der Waals surface area contributed by atoms with Crippen molar-refractivity contribution in [2.75, 3.05) is 19.0 Å². The monoisotopic (exact) mass is 393 g/mol. The summed E-state index contributed by atoms with van der Waals surface area (Å²) >= 11 is 0. The molecule has 1 aliphatic heterocycles. The number of rotatable bonds is 6. The minimum absolute atomic E-state index is 0.269. The van der Waals surface area contributed by atoms with E-state index in [4.69, 9.17) is 10.5 Å². The molecule has 29 heavy (non-hydrogen) atoms. The number of carbonyl (C=O) groups excluding carboxylic acids is 1. The molecule has 3 heterocycles. The Morgan fingerprint density at radius 1 is 1.41 bits per heavy atom. The summed E-state index contributed by atoms with van der Waals surface area (Å²) in [5.74, 6) is 0.422. The van der Waals surface area contributed by atoms with E-state index in [0.717, 1.165) is 48.4 Å². The number of primary amides is 1. The number of likely N-dealkylation sites (tertiary alicyclic amines) is 1. The number of piperidine rings is 1. The predicted octanol–water partition coefficient (Wildman–Crippen LogP) is 3.14. The van der Waals surface area contributed by atoms with Crippen LogP contribution in [0.25, 0.3) is 11.0 Å². The SMILES string of the molecule is COc1cccc(CN2CC[C@@H](Nc3c(C(N)=O)cnc4[nH]ccc34)C[C@H]2C)c1. The summed E-state index contributed by atoms with van der Waals surface area (Å²) in [7, 11) is 1.69. The Hall–Kier alpha value is -3.06. The zero-order valence-corrected chi connectivity index (χ0v) is 16.8. The van der Waals surface area contributed by atoms with E-state index in [2.05, 4.69) is 39.2 Å². The number of nitrogens with one attached hydrogen (secondary N) is 2. The molecular weight excluding hydrogens is 366 g/mol. The molecule has 3 aromatic rings. The summed E-state index contributed by atoms with van der Waals surface area (Å²) in [4.78, 5) is 21.8. The van der Waals surface area contributed by atoms with Crippen LogP contribution in [0.1, 0.15) is 35.7 Å². The second-order valence-corrected chi connectivity index (χ2v) is 7.69. The highest BCUT2D eigenvalue weighted by atomic mass is 16.5. The lowest BCUT2D eigenvalue weighted by atomic mass is 9.96. The Labute approximate surface area is 170 Å². The van der Waals surface area contributed by atoms with E-state index in [1.54, 1.807) is 13.3 Å². The highest BCUT2D eigenvalue weighted by Crippen LogP contribution is 2.29. The molecule has 1 fully saturated rings. The Bertz CT molecular complexity index is 1020. The minimum Gasteiger partial charge on any atom is -0.497 e. The highest BCUT2D eigenvalue weighted by molar-refractivity contribution is 6.05. The average Bonchev–Trinajstić information content (AvgIpc) is 3.19. The smallest absolute Gasteiger partial charge is 0.252 e. The van der Waals surface area contributed by atoms with E-state index < -0.39 is 5.91 Å². The van der Waals surface area contributed by atoms with E-state index in [0.29, 0.717) is 11.6 Å². The molecule has 152 valence electrons. The van der Waals surface area contributed by atoms with Crippen molar-refractivity contribution in [2.45, 2.75) is 38.4 Å². The fourth-order valence-electron chi connectivity index (χ4n) is 4.15. The lowest BCUT2D eigenvalue weighted by molar-refractivity contribution is 0.100. The molecule has 1 aromatic carbocycles. The van der Waals surface area contributed by atoms with Gasteiger partial charge in [-0.2, -0.15) is 0 Å². The van der Waals surface area contributed by atoms with Crippen molar-refractivity contribution in [3.8, 4) is 5.75 Å². The number of fused-ring (bicyclic) bond motifs is 1. The molecule has 1 aliphatic rings. The van der Waals surface area contributed by atoms with Gasteiger partial charge in [0, 0.05) is 43.0 Å². The second kappa shape index (κ2) is 8.13. The lowest BCUT2D eigenvalue weighted by Crippen LogP contribution is -2.44. The molecule has 4 N–H and O–H groups in total. The van der Waals surface area contributed by atoms with Gasteiger partial charge in [0.25, 0.3) is 5.91 Å². The number of anilines is 1. The predicted molar refractivity (Wildman–Crippen MR) is 114 cm³/mol.